The summed E-state index contributed by atoms with van der Waals surface area (Å²) in [5, 5.41) is 0. The number of esters is 1. The van der Waals surface area contributed by atoms with E-state index in [1.165, 1.54) is 0 Å². The predicted octanol–water partition coefficient (Wildman–Crippen LogP) is 2.95. The average Bonchev–Trinajstić information content (AvgIpc) is 2.39. The third-order valence-corrected chi connectivity index (χ3v) is 4.83. The van der Waals surface area contributed by atoms with Crippen molar-refractivity contribution >= 4 is 5.97 Å². The first-order valence-electron chi connectivity index (χ1n) is 7.44. The van der Waals surface area contributed by atoms with Gasteiger partial charge in [-0.15, -0.1) is 0 Å². The van der Waals surface area contributed by atoms with Crippen molar-refractivity contribution in [2.24, 2.45) is 5.41 Å². The van der Waals surface area contributed by atoms with Crippen LogP contribution >= 0.6 is 0 Å². The summed E-state index contributed by atoms with van der Waals surface area (Å²) in [6.45, 7) is 2.01. The van der Waals surface area contributed by atoms with Gasteiger partial charge in [-0.05, 0) is 19.8 Å². The molecular formula is C14H19F3O4. The van der Waals surface area contributed by atoms with E-state index in [4.69, 9.17) is 14.2 Å². The second-order valence-electron chi connectivity index (χ2n) is 6.07. The molecule has 0 N–H and O–H groups in total. The Labute approximate surface area is 120 Å². The van der Waals surface area contributed by atoms with Gasteiger partial charge in [-0.1, -0.05) is 6.42 Å². The standard InChI is InChI=1S/C14H19F3O4/c1-2-19-9-8-13(14(15,16)17)10(9)20-12(21-11(13)18)6-4-3-5-7-12/h9-10H,2-8H2,1H3/t9-,10-,13-/m0/s1. The van der Waals surface area contributed by atoms with Crippen LogP contribution in [0.3, 0.4) is 0 Å². The second-order valence-corrected chi connectivity index (χ2v) is 6.07. The van der Waals surface area contributed by atoms with Gasteiger partial charge in [0.2, 0.25) is 5.79 Å². The van der Waals surface area contributed by atoms with E-state index in [1.54, 1.807) is 6.92 Å². The summed E-state index contributed by atoms with van der Waals surface area (Å²) >= 11 is 0. The van der Waals surface area contributed by atoms with Crippen LogP contribution in [-0.2, 0) is 19.0 Å². The number of ether oxygens (including phenoxy) is 3. The first kappa shape index (κ1) is 15.1. The lowest BCUT2D eigenvalue weighted by atomic mass is 9.62. The molecule has 3 aliphatic rings. The summed E-state index contributed by atoms with van der Waals surface area (Å²) in [5.41, 5.74) is -2.55. The summed E-state index contributed by atoms with van der Waals surface area (Å²) in [4.78, 5) is 12.2. The molecule has 2 aliphatic carbocycles. The minimum absolute atomic E-state index is 0.292. The van der Waals surface area contributed by atoms with Crippen molar-refractivity contribution < 1.29 is 32.2 Å². The summed E-state index contributed by atoms with van der Waals surface area (Å²) < 4.78 is 56.4. The molecule has 0 amide bonds. The fourth-order valence-electron chi connectivity index (χ4n) is 3.65. The SMILES string of the molecule is CCO[C@H]1C[C@@]2(C(F)(F)F)C(=O)OC3(CCCCC3)O[C@@H]12. The number of fused-ring (bicyclic) bond motifs is 1. The van der Waals surface area contributed by atoms with Crippen molar-refractivity contribution in [1.82, 2.24) is 0 Å². The molecule has 0 aromatic carbocycles. The summed E-state index contributed by atoms with van der Waals surface area (Å²) in [7, 11) is 0. The maximum Gasteiger partial charge on any atom is 0.407 e. The predicted molar refractivity (Wildman–Crippen MR) is 65.3 cm³/mol. The van der Waals surface area contributed by atoms with E-state index in [-0.39, 0.29) is 0 Å². The Bertz CT molecular complexity index is 430. The smallest absolute Gasteiger partial charge is 0.407 e. The van der Waals surface area contributed by atoms with E-state index in [9.17, 15) is 18.0 Å². The molecule has 1 aliphatic heterocycles. The number of rotatable bonds is 2. The molecule has 7 heteroatoms. The molecule has 0 bridgehead atoms. The summed E-state index contributed by atoms with van der Waals surface area (Å²) in [5.74, 6) is -2.37. The normalized spacial score (nSPS) is 38.6. The molecule has 0 unspecified atom stereocenters. The molecule has 0 aromatic rings. The summed E-state index contributed by atoms with van der Waals surface area (Å²) in [6.07, 6.45) is -3.59. The van der Waals surface area contributed by atoms with Crippen LogP contribution in [-0.4, -0.2) is 36.7 Å². The van der Waals surface area contributed by atoms with Crippen molar-refractivity contribution in [2.75, 3.05) is 6.61 Å². The highest BCUT2D eigenvalue weighted by Gasteiger charge is 2.79. The van der Waals surface area contributed by atoms with Crippen molar-refractivity contribution in [1.29, 1.82) is 0 Å². The van der Waals surface area contributed by atoms with Crippen LogP contribution in [0.2, 0.25) is 0 Å². The lowest BCUT2D eigenvalue weighted by Crippen LogP contribution is -2.74. The first-order chi connectivity index (χ1) is 9.85. The first-order valence-corrected chi connectivity index (χ1v) is 7.44. The molecular weight excluding hydrogens is 289 g/mol. The topological polar surface area (TPSA) is 44.8 Å². The number of hydrogen-bond donors (Lipinski definition) is 0. The summed E-state index contributed by atoms with van der Waals surface area (Å²) in [6, 6.07) is 0. The Morgan fingerprint density at radius 1 is 1.29 bits per heavy atom. The van der Waals surface area contributed by atoms with E-state index < -0.39 is 42.0 Å². The van der Waals surface area contributed by atoms with Crippen LogP contribution in [0.5, 0.6) is 0 Å². The molecule has 1 heterocycles. The lowest BCUT2D eigenvalue weighted by Gasteiger charge is -2.59. The van der Waals surface area contributed by atoms with Gasteiger partial charge in [0, 0.05) is 25.9 Å². The van der Waals surface area contributed by atoms with Gasteiger partial charge in [0.15, 0.2) is 5.41 Å². The van der Waals surface area contributed by atoms with Crippen molar-refractivity contribution in [2.45, 2.75) is 69.6 Å². The average molecular weight is 308 g/mol. The van der Waals surface area contributed by atoms with Crippen LogP contribution in [0, 0.1) is 5.41 Å². The van der Waals surface area contributed by atoms with E-state index in [0.717, 1.165) is 19.3 Å². The number of halogens is 3. The van der Waals surface area contributed by atoms with Gasteiger partial charge in [-0.2, -0.15) is 13.2 Å². The molecule has 3 atom stereocenters. The van der Waals surface area contributed by atoms with Crippen LogP contribution < -0.4 is 0 Å². The fourth-order valence-corrected chi connectivity index (χ4v) is 3.65. The number of carbonyl (C=O) groups is 1. The van der Waals surface area contributed by atoms with Gasteiger partial charge in [-0.3, -0.25) is 4.79 Å². The number of hydrogen-bond acceptors (Lipinski definition) is 4. The van der Waals surface area contributed by atoms with Crippen LogP contribution in [0.25, 0.3) is 0 Å². The maximum absolute atomic E-state index is 13.4. The van der Waals surface area contributed by atoms with Gasteiger partial charge >= 0.3 is 12.1 Å². The molecule has 0 aromatic heterocycles. The highest BCUT2D eigenvalue weighted by atomic mass is 19.4. The third kappa shape index (κ3) is 2.08. The van der Waals surface area contributed by atoms with Gasteiger partial charge in [0.05, 0.1) is 6.10 Å². The molecule has 0 radical (unpaired) electrons. The largest absolute Gasteiger partial charge is 0.432 e. The number of alkyl halides is 3. The Hall–Kier alpha value is -0.820. The van der Waals surface area contributed by atoms with E-state index in [0.29, 0.717) is 19.4 Å². The third-order valence-electron chi connectivity index (χ3n) is 4.83. The number of carbonyl (C=O) groups excluding carboxylic acids is 1. The van der Waals surface area contributed by atoms with Gasteiger partial charge < -0.3 is 14.2 Å². The minimum Gasteiger partial charge on any atom is -0.432 e. The monoisotopic (exact) mass is 308 g/mol. The molecule has 1 saturated heterocycles. The lowest BCUT2D eigenvalue weighted by molar-refractivity contribution is -0.405. The molecule has 1 spiro atoms. The van der Waals surface area contributed by atoms with Crippen molar-refractivity contribution in [3.8, 4) is 0 Å². The fraction of sp³-hybridized carbons (Fsp3) is 0.929. The highest BCUT2D eigenvalue weighted by Crippen LogP contribution is 2.60. The van der Waals surface area contributed by atoms with Crippen molar-refractivity contribution in [3.63, 3.8) is 0 Å². The van der Waals surface area contributed by atoms with Crippen LogP contribution in [0.15, 0.2) is 0 Å². The molecule has 21 heavy (non-hydrogen) atoms. The van der Waals surface area contributed by atoms with E-state index >= 15 is 0 Å². The maximum atomic E-state index is 13.4. The zero-order chi connectivity index (χ0) is 15.3. The van der Waals surface area contributed by atoms with Gasteiger partial charge in [0.25, 0.3) is 0 Å². The Kier molecular flexibility index (Phi) is 3.48. The Morgan fingerprint density at radius 2 is 1.95 bits per heavy atom. The molecule has 4 nitrogen and oxygen atoms in total. The van der Waals surface area contributed by atoms with E-state index in [1.807, 2.05) is 0 Å². The Balaban J connectivity index is 1.89. The molecule has 120 valence electrons. The van der Waals surface area contributed by atoms with Crippen LogP contribution in [0.4, 0.5) is 13.2 Å². The minimum atomic E-state index is -4.68. The molecule has 3 fully saturated rings. The highest BCUT2D eigenvalue weighted by molar-refractivity contribution is 5.81. The Morgan fingerprint density at radius 3 is 2.52 bits per heavy atom. The molecule has 2 saturated carbocycles. The van der Waals surface area contributed by atoms with Gasteiger partial charge in [0.1, 0.15) is 6.10 Å². The zero-order valence-corrected chi connectivity index (χ0v) is 11.9. The molecule has 3 rings (SSSR count). The zero-order valence-electron chi connectivity index (χ0n) is 11.9. The second kappa shape index (κ2) is 4.84. The van der Waals surface area contributed by atoms with Crippen LogP contribution in [0.1, 0.15) is 45.4 Å². The van der Waals surface area contributed by atoms with E-state index in [2.05, 4.69) is 0 Å². The quantitative estimate of drug-likeness (QED) is 0.736. The van der Waals surface area contributed by atoms with Gasteiger partial charge in [-0.25, -0.2) is 0 Å². The van der Waals surface area contributed by atoms with Crippen molar-refractivity contribution in [3.05, 3.63) is 0 Å².